The third-order valence-corrected chi connectivity index (χ3v) is 4.84. The van der Waals surface area contributed by atoms with Crippen molar-refractivity contribution in [1.82, 2.24) is 5.32 Å². The largest absolute Gasteiger partial charge is 0.508 e. The molecule has 0 aromatic heterocycles. The third kappa shape index (κ3) is 2.99. The molecule has 0 heterocycles. The molecule has 0 amide bonds. The predicted octanol–water partition coefficient (Wildman–Crippen LogP) is 3.05. The standard InChI is InChI=1S/C17H25NO2/c19-13-10-9-12-5-4-7-15(14(12)11-13)18-16-6-2-1-3-8-17(16)20/h9-11,15-20H,1-8H2. The van der Waals surface area contributed by atoms with E-state index in [9.17, 15) is 10.2 Å². The Kier molecular flexibility index (Phi) is 4.27. The minimum absolute atomic E-state index is 0.204. The minimum Gasteiger partial charge on any atom is -0.508 e. The van der Waals surface area contributed by atoms with Gasteiger partial charge in [-0.2, -0.15) is 0 Å². The highest BCUT2D eigenvalue weighted by Crippen LogP contribution is 2.33. The van der Waals surface area contributed by atoms with Crippen molar-refractivity contribution in [1.29, 1.82) is 0 Å². The average molecular weight is 275 g/mol. The van der Waals surface area contributed by atoms with E-state index >= 15 is 0 Å². The van der Waals surface area contributed by atoms with Gasteiger partial charge in [-0.1, -0.05) is 25.3 Å². The van der Waals surface area contributed by atoms with Gasteiger partial charge in [-0.05, 0) is 55.4 Å². The lowest BCUT2D eigenvalue weighted by atomic mass is 9.86. The second-order valence-electron chi connectivity index (χ2n) is 6.31. The number of hydrogen-bond acceptors (Lipinski definition) is 3. The first-order chi connectivity index (χ1) is 9.74. The molecule has 1 fully saturated rings. The van der Waals surface area contributed by atoms with Crippen molar-refractivity contribution in [3.8, 4) is 5.75 Å². The number of phenols is 1. The molecule has 1 aromatic rings. The number of benzene rings is 1. The van der Waals surface area contributed by atoms with E-state index in [0.717, 1.165) is 32.1 Å². The van der Waals surface area contributed by atoms with Gasteiger partial charge in [0.2, 0.25) is 0 Å². The van der Waals surface area contributed by atoms with Crippen molar-refractivity contribution < 1.29 is 10.2 Å². The van der Waals surface area contributed by atoms with E-state index in [1.807, 2.05) is 12.1 Å². The van der Waals surface area contributed by atoms with Crippen LogP contribution >= 0.6 is 0 Å². The highest BCUT2D eigenvalue weighted by molar-refractivity contribution is 5.38. The maximum Gasteiger partial charge on any atom is 0.115 e. The number of nitrogens with one attached hydrogen (secondary N) is 1. The molecule has 3 heteroatoms. The van der Waals surface area contributed by atoms with Crippen LogP contribution in [0.2, 0.25) is 0 Å². The Bertz CT molecular complexity index is 460. The highest BCUT2D eigenvalue weighted by Gasteiger charge is 2.27. The molecular weight excluding hydrogens is 250 g/mol. The van der Waals surface area contributed by atoms with Gasteiger partial charge < -0.3 is 15.5 Å². The summed E-state index contributed by atoms with van der Waals surface area (Å²) >= 11 is 0. The summed E-state index contributed by atoms with van der Waals surface area (Å²) in [6.07, 6.45) is 8.70. The lowest BCUT2D eigenvalue weighted by molar-refractivity contribution is 0.112. The Labute approximate surface area is 121 Å². The number of hydrogen-bond donors (Lipinski definition) is 3. The highest BCUT2D eigenvalue weighted by atomic mass is 16.3. The van der Waals surface area contributed by atoms with Crippen LogP contribution in [0.15, 0.2) is 18.2 Å². The van der Waals surface area contributed by atoms with Crippen LogP contribution in [0.3, 0.4) is 0 Å². The molecule has 0 bridgehead atoms. The topological polar surface area (TPSA) is 52.5 Å². The van der Waals surface area contributed by atoms with Crippen molar-refractivity contribution in [2.45, 2.75) is 69.6 Å². The van der Waals surface area contributed by atoms with Crippen molar-refractivity contribution in [3.63, 3.8) is 0 Å². The Balaban J connectivity index is 1.76. The van der Waals surface area contributed by atoms with Gasteiger partial charge in [-0.25, -0.2) is 0 Å². The van der Waals surface area contributed by atoms with Crippen LogP contribution in [-0.2, 0) is 6.42 Å². The second kappa shape index (κ2) is 6.15. The fourth-order valence-electron chi connectivity index (χ4n) is 3.70. The Morgan fingerprint density at radius 2 is 1.85 bits per heavy atom. The molecule has 0 radical (unpaired) electrons. The van der Waals surface area contributed by atoms with Gasteiger partial charge in [0.05, 0.1) is 6.10 Å². The number of aliphatic hydroxyl groups excluding tert-OH is 1. The zero-order chi connectivity index (χ0) is 13.9. The molecule has 3 N–H and O–H groups in total. The third-order valence-electron chi connectivity index (χ3n) is 4.84. The lowest BCUT2D eigenvalue weighted by Gasteiger charge is -2.32. The first kappa shape index (κ1) is 13.9. The van der Waals surface area contributed by atoms with Gasteiger partial charge in [0.1, 0.15) is 5.75 Å². The summed E-state index contributed by atoms with van der Waals surface area (Å²) < 4.78 is 0. The van der Waals surface area contributed by atoms with Gasteiger partial charge in [0.15, 0.2) is 0 Å². The van der Waals surface area contributed by atoms with Crippen molar-refractivity contribution in [2.75, 3.05) is 0 Å². The van der Waals surface area contributed by atoms with Gasteiger partial charge in [0, 0.05) is 12.1 Å². The predicted molar refractivity (Wildman–Crippen MR) is 79.8 cm³/mol. The quantitative estimate of drug-likeness (QED) is 0.727. The molecule has 20 heavy (non-hydrogen) atoms. The van der Waals surface area contributed by atoms with Crippen LogP contribution in [0.5, 0.6) is 5.75 Å². The van der Waals surface area contributed by atoms with Crippen molar-refractivity contribution in [3.05, 3.63) is 29.3 Å². The summed E-state index contributed by atoms with van der Waals surface area (Å²) in [7, 11) is 0. The summed E-state index contributed by atoms with van der Waals surface area (Å²) in [4.78, 5) is 0. The molecule has 3 rings (SSSR count). The maximum atomic E-state index is 10.3. The molecule has 0 spiro atoms. The van der Waals surface area contributed by atoms with E-state index in [1.54, 1.807) is 6.07 Å². The van der Waals surface area contributed by atoms with Crippen LogP contribution in [-0.4, -0.2) is 22.4 Å². The van der Waals surface area contributed by atoms with E-state index in [1.165, 1.54) is 30.4 Å². The van der Waals surface area contributed by atoms with E-state index in [0.29, 0.717) is 5.75 Å². The fourth-order valence-corrected chi connectivity index (χ4v) is 3.70. The number of rotatable bonds is 2. The molecular formula is C17H25NO2. The molecule has 0 saturated heterocycles. The average Bonchev–Trinajstić information content (AvgIpc) is 2.65. The monoisotopic (exact) mass is 275 g/mol. The molecule has 1 saturated carbocycles. The molecule has 3 nitrogen and oxygen atoms in total. The first-order valence-electron chi connectivity index (χ1n) is 8.00. The van der Waals surface area contributed by atoms with Crippen LogP contribution in [0.4, 0.5) is 0 Å². The molecule has 3 unspecified atom stereocenters. The Morgan fingerprint density at radius 1 is 1.00 bits per heavy atom. The number of aryl methyl sites for hydroxylation is 1. The SMILES string of the molecule is Oc1ccc2c(c1)C(NC1CCCCCC1O)CCC2. The second-order valence-corrected chi connectivity index (χ2v) is 6.31. The van der Waals surface area contributed by atoms with E-state index in [-0.39, 0.29) is 18.2 Å². The Morgan fingerprint density at radius 3 is 2.75 bits per heavy atom. The Hall–Kier alpha value is -1.06. The van der Waals surface area contributed by atoms with E-state index < -0.39 is 0 Å². The van der Waals surface area contributed by atoms with Crippen molar-refractivity contribution in [2.24, 2.45) is 0 Å². The first-order valence-corrected chi connectivity index (χ1v) is 8.00. The molecule has 2 aliphatic carbocycles. The summed E-state index contributed by atoms with van der Waals surface area (Å²) in [5, 5.41) is 23.7. The van der Waals surface area contributed by atoms with Crippen LogP contribution in [0, 0.1) is 0 Å². The van der Waals surface area contributed by atoms with Gasteiger partial charge in [-0.3, -0.25) is 0 Å². The van der Waals surface area contributed by atoms with Gasteiger partial charge in [-0.15, -0.1) is 0 Å². The normalized spacial score (nSPS) is 30.6. The lowest BCUT2D eigenvalue weighted by Crippen LogP contribution is -2.42. The zero-order valence-electron chi connectivity index (χ0n) is 12.0. The number of phenolic OH excluding ortho intramolecular Hbond substituents is 1. The molecule has 1 aromatic carbocycles. The maximum absolute atomic E-state index is 10.3. The number of aliphatic hydroxyl groups is 1. The molecule has 110 valence electrons. The molecule has 2 aliphatic rings. The smallest absolute Gasteiger partial charge is 0.115 e. The van der Waals surface area contributed by atoms with Crippen LogP contribution in [0.1, 0.15) is 62.1 Å². The van der Waals surface area contributed by atoms with Crippen molar-refractivity contribution >= 4 is 0 Å². The summed E-state index contributed by atoms with van der Waals surface area (Å²) in [5.41, 5.74) is 2.57. The summed E-state index contributed by atoms with van der Waals surface area (Å²) in [6.45, 7) is 0. The fraction of sp³-hybridized carbons (Fsp3) is 0.647. The zero-order valence-corrected chi connectivity index (χ0v) is 12.0. The number of fused-ring (bicyclic) bond motifs is 1. The van der Waals surface area contributed by atoms with Gasteiger partial charge >= 0.3 is 0 Å². The number of aromatic hydroxyl groups is 1. The summed E-state index contributed by atoms with van der Waals surface area (Å²) in [5.74, 6) is 0.346. The molecule has 3 atom stereocenters. The van der Waals surface area contributed by atoms with E-state index in [2.05, 4.69) is 5.32 Å². The van der Waals surface area contributed by atoms with Crippen LogP contribution < -0.4 is 5.32 Å². The molecule has 0 aliphatic heterocycles. The van der Waals surface area contributed by atoms with Gasteiger partial charge in [0.25, 0.3) is 0 Å². The van der Waals surface area contributed by atoms with Crippen LogP contribution in [0.25, 0.3) is 0 Å². The van der Waals surface area contributed by atoms with E-state index in [4.69, 9.17) is 0 Å². The summed E-state index contributed by atoms with van der Waals surface area (Å²) in [6, 6.07) is 6.21. The minimum atomic E-state index is -0.222.